The quantitative estimate of drug-likeness (QED) is 0.359. The summed E-state index contributed by atoms with van der Waals surface area (Å²) in [5.74, 6) is 0. The predicted molar refractivity (Wildman–Crippen MR) is 43.6 cm³/mol. The van der Waals surface area contributed by atoms with E-state index in [1.165, 1.54) is 0 Å². The number of halogens is 6. The van der Waals surface area contributed by atoms with Crippen molar-refractivity contribution in [1.29, 1.82) is 0 Å². The van der Waals surface area contributed by atoms with Crippen molar-refractivity contribution in [2.45, 2.75) is 9.88 Å². The van der Waals surface area contributed by atoms with Crippen LogP contribution in [-0.4, -0.2) is 19.2 Å². The van der Waals surface area contributed by atoms with E-state index >= 15 is 0 Å². The van der Waals surface area contributed by atoms with Crippen LogP contribution in [0, 0.1) is 0 Å². The van der Waals surface area contributed by atoms with Gasteiger partial charge in [0, 0.05) is 0 Å². The first-order valence-corrected chi connectivity index (χ1v) is 19.0. The maximum atomic E-state index is 9.87. The second-order valence-electron chi connectivity index (χ2n) is 2.35. The van der Waals surface area contributed by atoms with Crippen LogP contribution in [0.5, 0.6) is 0 Å². The van der Waals surface area contributed by atoms with Crippen molar-refractivity contribution in [3.63, 3.8) is 0 Å². The molecule has 0 radical (unpaired) electrons. The summed E-state index contributed by atoms with van der Waals surface area (Å²) in [5.41, 5.74) is 0. The summed E-state index contributed by atoms with van der Waals surface area (Å²) in [4.78, 5) is 4.78. The third-order valence-corrected chi connectivity index (χ3v) is 0. The molecule has 0 saturated heterocycles. The van der Waals surface area contributed by atoms with Crippen molar-refractivity contribution in [3.05, 3.63) is 0 Å². The Balaban J connectivity index is 0. The Bertz CT molecular complexity index is 105. The van der Waals surface area contributed by atoms with Crippen LogP contribution in [0.2, 0.25) is 9.88 Å². The molecule has 0 amide bonds. The Labute approximate surface area is 69.3 Å². The van der Waals surface area contributed by atoms with Crippen LogP contribution >= 0.6 is 14.7 Å². The van der Waals surface area contributed by atoms with Crippen molar-refractivity contribution in [3.8, 4) is 0 Å². The zero-order chi connectivity index (χ0) is 9.99. The average Bonchev–Trinajstić information content (AvgIpc) is 1.11. The Kier molecular flexibility index (Phi) is 4.27. The first-order valence-electron chi connectivity index (χ1n) is 2.58. The van der Waals surface area contributed by atoms with E-state index in [0.717, 1.165) is 0 Å². The van der Waals surface area contributed by atoms with Crippen LogP contribution in [0.1, 0.15) is 0 Å². The molecular weight excluding hydrogens is 319 g/mol. The van der Waals surface area contributed by atoms with Gasteiger partial charge in [-0.2, -0.15) is 0 Å². The maximum absolute atomic E-state index is 10.7. The summed E-state index contributed by atoms with van der Waals surface area (Å²) in [6.07, 6.45) is 0. The van der Waals surface area contributed by atoms with Crippen molar-refractivity contribution < 1.29 is 25.2 Å². The van der Waals surface area contributed by atoms with Crippen LogP contribution < -0.4 is 0 Å². The topological polar surface area (TPSA) is 0 Å². The molecule has 0 nitrogen and oxygen atoms in total. The molecule has 0 rings (SSSR count). The fourth-order valence-corrected chi connectivity index (χ4v) is 0. The third kappa shape index (κ3) is 625. The zero-order valence-corrected chi connectivity index (χ0v) is 11.6. The van der Waals surface area contributed by atoms with Crippen molar-refractivity contribution in [2.24, 2.45) is 0 Å². The Morgan fingerprint density at radius 1 is 0.909 bits per heavy atom. The zero-order valence-electron chi connectivity index (χ0n) is 6.00. The van der Waals surface area contributed by atoms with E-state index in [1.54, 1.807) is 0 Å². The van der Waals surface area contributed by atoms with E-state index in [0.29, 0.717) is 0 Å². The molecule has 0 aromatic heterocycles. The van der Waals surface area contributed by atoms with E-state index in [1.807, 2.05) is 0 Å². The molecule has 0 spiro atoms. The summed E-state index contributed by atoms with van der Waals surface area (Å²) in [6.45, 7) is 2.21. The average molecular weight is 329 g/mol. The fraction of sp³-hybridized carbons (Fsp3) is 1.00. The van der Waals surface area contributed by atoms with Gasteiger partial charge in [-0.15, -0.1) is 0 Å². The third-order valence-electron chi connectivity index (χ3n) is 0. The second-order valence-corrected chi connectivity index (χ2v) is 23.2. The van der Waals surface area contributed by atoms with Crippen molar-refractivity contribution >= 4 is 33.9 Å². The molecule has 0 saturated carbocycles. The molecule has 9 heteroatoms. The van der Waals surface area contributed by atoms with E-state index in [2.05, 4.69) is 16.8 Å². The van der Waals surface area contributed by atoms with Gasteiger partial charge in [-0.3, -0.25) is 0 Å². The Hall–Kier alpha value is 1.24. The molecule has 0 N–H and O–H groups in total. The van der Waals surface area contributed by atoms with Gasteiger partial charge in [0.25, 0.3) is 0 Å². The van der Waals surface area contributed by atoms with Gasteiger partial charge >= 0.3 is 69.0 Å². The molecule has 0 fully saturated rings. The van der Waals surface area contributed by atoms with Crippen LogP contribution in [0.3, 0.4) is 0 Å². The van der Waals surface area contributed by atoms with E-state index in [-0.39, 0.29) is 0 Å². The molecule has 0 bridgehead atoms. The van der Waals surface area contributed by atoms with Gasteiger partial charge in [-0.05, 0) is 0 Å². The standard InChI is InChI=1S/2CH3.F6P.H3P.Sn.H/c;;1-7(2,3,4,5)6;;;/h2*1H3;;1H3;;/q;;-1;;+1;. The SMILES string of the molecule is F[P-](F)(F)(F)(F)F.[CH3][SnH]([CH3])[PH3+]. The summed E-state index contributed by atoms with van der Waals surface area (Å²) in [6, 6.07) is 0. The first-order chi connectivity index (χ1) is 4.18. The predicted octanol–water partition coefficient (Wildman–Crippen LogP) is 3.96. The summed E-state index contributed by atoms with van der Waals surface area (Å²) in [5, 5.41) is 0. The van der Waals surface area contributed by atoms with Gasteiger partial charge in [0.2, 0.25) is 0 Å². The van der Waals surface area contributed by atoms with E-state index < -0.39 is 27.0 Å². The van der Waals surface area contributed by atoms with Gasteiger partial charge in [-0.1, -0.05) is 0 Å². The molecule has 1 unspecified atom stereocenters. The second kappa shape index (κ2) is 3.18. The van der Waals surface area contributed by atoms with Crippen molar-refractivity contribution in [1.82, 2.24) is 0 Å². The van der Waals surface area contributed by atoms with Gasteiger partial charge in [0.1, 0.15) is 0 Å². The molecule has 0 aromatic carbocycles. The minimum absolute atomic E-state index is 0.609. The molecule has 0 aliphatic rings. The summed E-state index contributed by atoms with van der Waals surface area (Å²) >= 11 is -0.609. The number of hydrogen-bond acceptors (Lipinski definition) is 0. The number of hydrogen-bond donors (Lipinski definition) is 0. The van der Waals surface area contributed by atoms with Crippen LogP contribution in [0.25, 0.3) is 0 Å². The summed E-state index contributed by atoms with van der Waals surface area (Å²) in [7, 11) is -10.7. The van der Waals surface area contributed by atoms with Crippen LogP contribution in [0.4, 0.5) is 25.2 Å². The van der Waals surface area contributed by atoms with E-state index in [4.69, 9.17) is 0 Å². The molecule has 0 aliphatic carbocycles. The first kappa shape index (κ1) is 14.7. The molecule has 0 aromatic rings. The van der Waals surface area contributed by atoms with Gasteiger partial charge in [0.15, 0.2) is 0 Å². The van der Waals surface area contributed by atoms with Crippen LogP contribution in [-0.2, 0) is 0 Å². The number of rotatable bonds is 0. The fourth-order valence-electron chi connectivity index (χ4n) is 0. The molecule has 0 heterocycles. The minimum atomic E-state index is -10.7. The molecule has 11 heavy (non-hydrogen) atoms. The molecule has 0 aliphatic heterocycles. The van der Waals surface area contributed by atoms with Gasteiger partial charge < -0.3 is 0 Å². The van der Waals surface area contributed by atoms with Crippen molar-refractivity contribution in [2.75, 3.05) is 0 Å². The Morgan fingerprint density at radius 2 is 0.909 bits per heavy atom. The monoisotopic (exact) mass is 330 g/mol. The van der Waals surface area contributed by atoms with Crippen LogP contribution in [0.15, 0.2) is 0 Å². The molecular formula is C2H10F6P2Sn. The van der Waals surface area contributed by atoms with E-state index in [9.17, 15) is 25.2 Å². The summed E-state index contributed by atoms with van der Waals surface area (Å²) < 4.78 is 59.2. The van der Waals surface area contributed by atoms with Gasteiger partial charge in [-0.25, -0.2) is 0 Å². The molecule has 74 valence electrons. The Morgan fingerprint density at radius 3 is 0.909 bits per heavy atom. The normalized spacial score (nSPS) is 18.3. The van der Waals surface area contributed by atoms with Gasteiger partial charge in [0.05, 0.1) is 0 Å². The molecule has 1 atom stereocenters.